The number of fused-ring (bicyclic) bond motifs is 1. The van der Waals surface area contributed by atoms with Gasteiger partial charge in [-0.15, -0.1) is 13.2 Å². The molecule has 4 aromatic rings. The molecule has 2 atom stereocenters. The molecule has 3 aromatic carbocycles. The smallest absolute Gasteiger partial charge is 0.484 e. The van der Waals surface area contributed by atoms with Gasteiger partial charge in [-0.3, -0.25) is 4.79 Å². The number of nitrogens with one attached hydrogen (secondary N) is 2. The van der Waals surface area contributed by atoms with Crippen LogP contribution in [0.5, 0.6) is 11.5 Å². The van der Waals surface area contributed by atoms with Crippen molar-refractivity contribution in [3.63, 3.8) is 0 Å². The number of carbonyl (C=O) groups excluding carboxylic acids is 1. The lowest BCUT2D eigenvalue weighted by atomic mass is 9.70. The summed E-state index contributed by atoms with van der Waals surface area (Å²) in [6, 6.07) is 18.8. The molecule has 1 amide bonds. The molecule has 5 rings (SSSR count). The summed E-state index contributed by atoms with van der Waals surface area (Å²) in [6.07, 6.45) is -1.71. The molecule has 1 aromatic heterocycles. The Morgan fingerprint density at radius 3 is 2.45 bits per heavy atom. The molecule has 7 nitrogen and oxygen atoms in total. The Bertz CT molecular complexity index is 1560. The van der Waals surface area contributed by atoms with E-state index in [2.05, 4.69) is 40.7 Å². The van der Waals surface area contributed by atoms with Crippen molar-refractivity contribution in [1.82, 2.24) is 9.55 Å². The van der Waals surface area contributed by atoms with Gasteiger partial charge in [0, 0.05) is 23.5 Å². The summed E-state index contributed by atoms with van der Waals surface area (Å²) in [5, 5.41) is 6.17. The topological polar surface area (TPSA) is 77.4 Å². The molecule has 2 unspecified atom stereocenters. The Kier molecular flexibility index (Phi) is 8.08. The lowest BCUT2D eigenvalue weighted by molar-refractivity contribution is -0.274. The number of hydrogen-bond acceptors (Lipinski definition) is 5. The Labute approximate surface area is 243 Å². The van der Waals surface area contributed by atoms with Gasteiger partial charge in [-0.2, -0.15) is 0 Å². The molecule has 10 heteroatoms. The second-order valence-electron chi connectivity index (χ2n) is 11.9. The first kappa shape index (κ1) is 29.3. The van der Waals surface area contributed by atoms with Gasteiger partial charge in [-0.25, -0.2) is 4.98 Å². The summed E-state index contributed by atoms with van der Waals surface area (Å²) in [5.41, 5.74) is 4.00. The van der Waals surface area contributed by atoms with Crippen molar-refractivity contribution in [3.8, 4) is 11.5 Å². The van der Waals surface area contributed by atoms with Crippen LogP contribution in [-0.4, -0.2) is 28.4 Å². The predicted octanol–water partition coefficient (Wildman–Crippen LogP) is 8.39. The second-order valence-corrected chi connectivity index (χ2v) is 11.9. The van der Waals surface area contributed by atoms with Crippen LogP contribution >= 0.6 is 0 Å². The van der Waals surface area contributed by atoms with Crippen LogP contribution in [0.15, 0.2) is 66.7 Å². The van der Waals surface area contributed by atoms with Crippen molar-refractivity contribution in [3.05, 3.63) is 72.3 Å². The summed E-state index contributed by atoms with van der Waals surface area (Å²) in [4.78, 5) is 17.4. The minimum absolute atomic E-state index is 0.139. The number of amides is 1. The van der Waals surface area contributed by atoms with E-state index in [0.717, 1.165) is 36.0 Å². The van der Waals surface area contributed by atoms with Gasteiger partial charge in [0.1, 0.15) is 11.5 Å². The molecule has 2 N–H and O–H groups in total. The third-order valence-corrected chi connectivity index (χ3v) is 7.52. The van der Waals surface area contributed by atoms with E-state index in [-0.39, 0.29) is 29.7 Å². The average Bonchev–Trinajstić information content (AvgIpc) is 3.25. The van der Waals surface area contributed by atoms with Gasteiger partial charge in [0.15, 0.2) is 6.61 Å². The van der Waals surface area contributed by atoms with Crippen LogP contribution in [0.3, 0.4) is 0 Å². The summed E-state index contributed by atoms with van der Waals surface area (Å²) in [6.45, 7) is 8.56. The molecule has 222 valence electrons. The fraction of sp³-hybridized carbons (Fsp3) is 0.375. The highest BCUT2D eigenvalue weighted by atomic mass is 19.4. The summed E-state index contributed by atoms with van der Waals surface area (Å²) >= 11 is 0. The van der Waals surface area contributed by atoms with E-state index >= 15 is 0 Å². The number of alkyl halides is 3. The number of nitrogens with zero attached hydrogens (tertiary/aromatic N) is 2. The Morgan fingerprint density at radius 2 is 1.76 bits per heavy atom. The number of anilines is 3. The lowest BCUT2D eigenvalue weighted by Gasteiger charge is -2.40. The van der Waals surface area contributed by atoms with E-state index in [4.69, 9.17) is 9.72 Å². The van der Waals surface area contributed by atoms with Gasteiger partial charge < -0.3 is 24.7 Å². The molecule has 42 heavy (non-hydrogen) atoms. The quantitative estimate of drug-likeness (QED) is 0.219. The normalized spacial score (nSPS) is 18.5. The minimum atomic E-state index is -4.76. The molecular weight excluding hydrogens is 545 g/mol. The summed E-state index contributed by atoms with van der Waals surface area (Å²) < 4.78 is 49.9. The molecule has 0 saturated heterocycles. The molecule has 0 bridgehead atoms. The van der Waals surface area contributed by atoms with Crippen LogP contribution in [0.25, 0.3) is 11.0 Å². The molecular formula is C32H35F3N4O3. The van der Waals surface area contributed by atoms with E-state index in [1.165, 1.54) is 24.3 Å². The molecule has 1 aliphatic rings. The zero-order valence-electron chi connectivity index (χ0n) is 24.1. The summed E-state index contributed by atoms with van der Waals surface area (Å²) in [5.74, 6) is 1.03. The number of para-hydroxylation sites is 1. The van der Waals surface area contributed by atoms with E-state index < -0.39 is 6.36 Å². The Balaban J connectivity index is 1.40. The third-order valence-electron chi connectivity index (χ3n) is 7.52. The first-order valence-corrected chi connectivity index (χ1v) is 14.0. The zero-order valence-corrected chi connectivity index (χ0v) is 24.1. The largest absolute Gasteiger partial charge is 0.573 e. The third kappa shape index (κ3) is 7.16. The number of benzene rings is 3. The van der Waals surface area contributed by atoms with Crippen molar-refractivity contribution in [2.24, 2.45) is 11.3 Å². The molecule has 1 aliphatic carbocycles. The van der Waals surface area contributed by atoms with Crippen LogP contribution in [0.2, 0.25) is 0 Å². The van der Waals surface area contributed by atoms with Crippen LogP contribution < -0.4 is 20.1 Å². The van der Waals surface area contributed by atoms with Crippen LogP contribution in [-0.2, 0) is 4.79 Å². The fourth-order valence-corrected chi connectivity index (χ4v) is 6.04. The van der Waals surface area contributed by atoms with Gasteiger partial charge in [0.25, 0.3) is 5.91 Å². The van der Waals surface area contributed by atoms with E-state index in [1.54, 1.807) is 6.07 Å². The lowest BCUT2D eigenvalue weighted by Crippen LogP contribution is -2.29. The number of carbonyl (C=O) groups is 1. The first-order chi connectivity index (χ1) is 19.8. The fourth-order valence-electron chi connectivity index (χ4n) is 6.04. The Hall–Kier alpha value is -4.21. The van der Waals surface area contributed by atoms with Crippen molar-refractivity contribution in [1.29, 1.82) is 0 Å². The number of imidazole rings is 1. The van der Waals surface area contributed by atoms with E-state index in [1.807, 2.05) is 43.3 Å². The Morgan fingerprint density at radius 1 is 1.05 bits per heavy atom. The van der Waals surface area contributed by atoms with Crippen LogP contribution in [0.1, 0.15) is 51.6 Å². The maximum Gasteiger partial charge on any atom is 0.573 e. The molecule has 1 heterocycles. The standard InChI is InChI=1S/C32H35F3N4O3/c1-20-15-23(18-31(3,4)17-20)39-28-14-13-25(41-19-29(40)37-26-8-6-5-7-21(26)2)16-27(28)38-30(39)36-22-9-11-24(12-10-22)42-32(33,34)35/h5-14,16,20,23H,15,17-19H2,1-4H3,(H,36,38)(H,37,40). The maximum absolute atomic E-state index is 12.6. The van der Waals surface area contributed by atoms with Gasteiger partial charge in [-0.05, 0) is 85.5 Å². The van der Waals surface area contributed by atoms with E-state index in [0.29, 0.717) is 28.8 Å². The first-order valence-electron chi connectivity index (χ1n) is 14.0. The summed E-state index contributed by atoms with van der Waals surface area (Å²) in [7, 11) is 0. The van der Waals surface area contributed by atoms with Crippen molar-refractivity contribution in [2.45, 2.75) is 59.4 Å². The van der Waals surface area contributed by atoms with Crippen molar-refractivity contribution >= 4 is 34.3 Å². The second kappa shape index (κ2) is 11.6. The van der Waals surface area contributed by atoms with Crippen molar-refractivity contribution < 1.29 is 27.4 Å². The molecule has 1 fully saturated rings. The van der Waals surface area contributed by atoms with E-state index in [9.17, 15) is 18.0 Å². The number of aryl methyl sites for hydroxylation is 1. The monoisotopic (exact) mass is 580 g/mol. The minimum Gasteiger partial charge on any atom is -0.484 e. The number of rotatable bonds is 8. The van der Waals surface area contributed by atoms with Gasteiger partial charge >= 0.3 is 6.36 Å². The SMILES string of the molecule is Cc1ccccc1NC(=O)COc1ccc2c(c1)nc(Nc1ccc(OC(F)(F)F)cc1)n2C1CC(C)CC(C)(C)C1. The highest BCUT2D eigenvalue weighted by molar-refractivity contribution is 5.92. The zero-order chi connectivity index (χ0) is 30.1. The molecule has 1 saturated carbocycles. The highest BCUT2D eigenvalue weighted by Crippen LogP contribution is 2.46. The number of halogens is 3. The maximum atomic E-state index is 12.6. The van der Waals surface area contributed by atoms with Gasteiger partial charge in [-0.1, -0.05) is 39.0 Å². The number of hydrogen-bond donors (Lipinski definition) is 2. The highest BCUT2D eigenvalue weighted by Gasteiger charge is 2.35. The average molecular weight is 581 g/mol. The van der Waals surface area contributed by atoms with Crippen molar-refractivity contribution in [2.75, 3.05) is 17.2 Å². The predicted molar refractivity (Wildman–Crippen MR) is 157 cm³/mol. The molecule has 0 aliphatic heterocycles. The van der Waals surface area contributed by atoms with Gasteiger partial charge in [0.2, 0.25) is 5.95 Å². The molecule has 0 spiro atoms. The van der Waals surface area contributed by atoms with Gasteiger partial charge in [0.05, 0.1) is 11.0 Å². The number of ether oxygens (including phenoxy) is 2. The van der Waals surface area contributed by atoms with Crippen LogP contribution in [0.4, 0.5) is 30.5 Å². The van der Waals surface area contributed by atoms with Crippen LogP contribution in [0, 0.1) is 18.3 Å². The number of aromatic nitrogens is 2. The molecule has 0 radical (unpaired) electrons.